The standard InChI is InChI=1S/C31H29FN2O2S/c32-24-16-12-23(13-17-24)21-36-26-18-14-22(15-19-26)20-33-31-29(30(35)34-25-8-4-3-5-9-25)27-10-6-1-2-7-11-28(27)37-31/h3-5,8-9,12-20H,1-2,6-7,10-11,21H2,(H,34,35). The molecule has 1 aliphatic carbocycles. The third kappa shape index (κ3) is 6.52. The second-order valence-electron chi connectivity index (χ2n) is 9.16. The number of aryl methyl sites for hydroxylation is 1. The van der Waals surface area contributed by atoms with Crippen molar-refractivity contribution in [1.29, 1.82) is 0 Å². The summed E-state index contributed by atoms with van der Waals surface area (Å²) in [4.78, 5) is 19.5. The lowest BCUT2D eigenvalue weighted by Gasteiger charge is -2.12. The van der Waals surface area contributed by atoms with E-state index in [1.165, 1.54) is 29.9 Å². The lowest BCUT2D eigenvalue weighted by molar-refractivity contribution is 0.102. The van der Waals surface area contributed by atoms with Crippen LogP contribution in [0, 0.1) is 5.82 Å². The van der Waals surface area contributed by atoms with Gasteiger partial charge in [-0.1, -0.05) is 43.2 Å². The SMILES string of the molecule is O=C(Nc1ccccc1)c1c(N=Cc2ccc(OCc3ccc(F)cc3)cc2)sc2c1CCCCCC2. The van der Waals surface area contributed by atoms with Crippen LogP contribution in [-0.2, 0) is 19.4 Å². The number of fused-ring (bicyclic) bond motifs is 1. The number of amides is 1. The van der Waals surface area contributed by atoms with Crippen LogP contribution in [0.4, 0.5) is 15.1 Å². The van der Waals surface area contributed by atoms with E-state index in [-0.39, 0.29) is 11.7 Å². The van der Waals surface area contributed by atoms with Crippen molar-refractivity contribution in [3.05, 3.63) is 112 Å². The van der Waals surface area contributed by atoms with Crippen molar-refractivity contribution in [2.24, 2.45) is 4.99 Å². The van der Waals surface area contributed by atoms with E-state index in [2.05, 4.69) is 5.32 Å². The van der Waals surface area contributed by atoms with Crippen LogP contribution in [0.3, 0.4) is 0 Å². The minimum Gasteiger partial charge on any atom is -0.489 e. The Morgan fingerprint density at radius 2 is 1.65 bits per heavy atom. The van der Waals surface area contributed by atoms with Crippen LogP contribution in [-0.4, -0.2) is 12.1 Å². The lowest BCUT2D eigenvalue weighted by Crippen LogP contribution is -2.14. The van der Waals surface area contributed by atoms with E-state index in [0.29, 0.717) is 12.2 Å². The van der Waals surface area contributed by atoms with E-state index in [1.807, 2.05) is 60.8 Å². The van der Waals surface area contributed by atoms with Crippen molar-refractivity contribution < 1.29 is 13.9 Å². The molecule has 5 rings (SSSR count). The number of carbonyl (C=O) groups is 1. The Bertz CT molecular complexity index is 1360. The number of ether oxygens (including phenoxy) is 1. The largest absolute Gasteiger partial charge is 0.489 e. The number of nitrogens with one attached hydrogen (secondary N) is 1. The molecule has 0 aliphatic heterocycles. The molecule has 0 unspecified atom stereocenters. The first kappa shape index (κ1) is 24.9. The molecule has 0 radical (unpaired) electrons. The topological polar surface area (TPSA) is 50.7 Å². The number of hydrogen-bond acceptors (Lipinski definition) is 4. The number of thiophene rings is 1. The molecule has 3 aromatic carbocycles. The highest BCUT2D eigenvalue weighted by molar-refractivity contribution is 7.16. The third-order valence-corrected chi connectivity index (χ3v) is 7.64. The Kier molecular flexibility index (Phi) is 8.06. The van der Waals surface area contributed by atoms with E-state index in [0.717, 1.165) is 58.8 Å². The number of aliphatic imine (C=N–C) groups is 1. The highest BCUT2D eigenvalue weighted by atomic mass is 32.1. The summed E-state index contributed by atoms with van der Waals surface area (Å²) in [6, 6.07) is 23.5. The minimum absolute atomic E-state index is 0.0963. The summed E-state index contributed by atoms with van der Waals surface area (Å²) in [5.41, 5.74) is 4.48. The van der Waals surface area contributed by atoms with Crippen molar-refractivity contribution in [1.82, 2.24) is 0 Å². The van der Waals surface area contributed by atoms with Crippen LogP contribution in [0.5, 0.6) is 5.75 Å². The second-order valence-corrected chi connectivity index (χ2v) is 10.2. The number of rotatable bonds is 7. The summed E-state index contributed by atoms with van der Waals surface area (Å²) in [5.74, 6) is 0.371. The summed E-state index contributed by atoms with van der Waals surface area (Å²) in [6.45, 7) is 0.369. The van der Waals surface area contributed by atoms with Gasteiger partial charge in [-0.3, -0.25) is 4.79 Å². The quantitative estimate of drug-likeness (QED) is 0.254. The molecule has 1 aliphatic rings. The van der Waals surface area contributed by atoms with Gasteiger partial charge in [0, 0.05) is 16.8 Å². The zero-order chi connectivity index (χ0) is 25.5. The lowest BCUT2D eigenvalue weighted by atomic mass is 9.96. The van der Waals surface area contributed by atoms with Gasteiger partial charge >= 0.3 is 0 Å². The Hall–Kier alpha value is -3.77. The summed E-state index contributed by atoms with van der Waals surface area (Å²) in [6.07, 6.45) is 8.40. The first-order chi connectivity index (χ1) is 18.2. The van der Waals surface area contributed by atoms with Gasteiger partial charge in [0.25, 0.3) is 5.91 Å². The van der Waals surface area contributed by atoms with Crippen molar-refractivity contribution in [3.8, 4) is 5.75 Å². The monoisotopic (exact) mass is 512 g/mol. The molecule has 188 valence electrons. The average Bonchev–Trinajstić information content (AvgIpc) is 3.24. The molecule has 1 aromatic heterocycles. The summed E-state index contributed by atoms with van der Waals surface area (Å²) < 4.78 is 18.9. The van der Waals surface area contributed by atoms with Crippen molar-refractivity contribution in [3.63, 3.8) is 0 Å². The zero-order valence-electron chi connectivity index (χ0n) is 20.6. The van der Waals surface area contributed by atoms with Crippen LogP contribution >= 0.6 is 11.3 Å². The maximum atomic E-state index is 13.4. The summed E-state index contributed by atoms with van der Waals surface area (Å²) in [5, 5.41) is 3.82. The molecule has 4 nitrogen and oxygen atoms in total. The maximum Gasteiger partial charge on any atom is 0.259 e. The van der Waals surface area contributed by atoms with Gasteiger partial charge in [0.15, 0.2) is 0 Å². The van der Waals surface area contributed by atoms with Gasteiger partial charge in [0.1, 0.15) is 23.2 Å². The average molecular weight is 513 g/mol. The predicted molar refractivity (Wildman–Crippen MR) is 149 cm³/mol. The van der Waals surface area contributed by atoms with Crippen molar-refractivity contribution in [2.75, 3.05) is 5.32 Å². The number of para-hydroxylation sites is 1. The van der Waals surface area contributed by atoms with Gasteiger partial charge in [-0.05, 0) is 90.9 Å². The second kappa shape index (κ2) is 12.0. The van der Waals surface area contributed by atoms with Crippen molar-refractivity contribution in [2.45, 2.75) is 45.1 Å². The highest BCUT2D eigenvalue weighted by Gasteiger charge is 2.24. The molecule has 0 fully saturated rings. The van der Waals surface area contributed by atoms with E-state index in [1.54, 1.807) is 23.5 Å². The Morgan fingerprint density at radius 1 is 0.919 bits per heavy atom. The Balaban J connectivity index is 1.34. The predicted octanol–water partition coefficient (Wildman–Crippen LogP) is 8.13. The molecular formula is C31H29FN2O2S. The fourth-order valence-corrected chi connectivity index (χ4v) is 5.71. The highest BCUT2D eigenvalue weighted by Crippen LogP contribution is 2.39. The van der Waals surface area contributed by atoms with Crippen LogP contribution in [0.2, 0.25) is 0 Å². The van der Waals surface area contributed by atoms with Crippen LogP contribution in [0.15, 0.2) is 83.9 Å². The molecule has 0 spiro atoms. The van der Waals surface area contributed by atoms with Gasteiger partial charge in [-0.25, -0.2) is 9.38 Å². The van der Waals surface area contributed by atoms with Crippen LogP contribution in [0.25, 0.3) is 0 Å². The fourth-order valence-electron chi connectivity index (χ4n) is 4.48. The van der Waals surface area contributed by atoms with Gasteiger partial charge in [-0.15, -0.1) is 11.3 Å². The third-order valence-electron chi connectivity index (χ3n) is 6.44. The van der Waals surface area contributed by atoms with Crippen molar-refractivity contribution >= 4 is 34.1 Å². The molecule has 0 saturated carbocycles. The fraction of sp³-hybridized carbons (Fsp3) is 0.226. The molecule has 0 bridgehead atoms. The first-order valence-corrected chi connectivity index (χ1v) is 13.5. The summed E-state index contributed by atoms with van der Waals surface area (Å²) >= 11 is 1.64. The maximum absolute atomic E-state index is 13.4. The molecule has 1 N–H and O–H groups in total. The smallest absolute Gasteiger partial charge is 0.259 e. The molecule has 4 aromatic rings. The van der Waals surface area contributed by atoms with E-state index in [9.17, 15) is 9.18 Å². The normalized spacial score (nSPS) is 13.5. The van der Waals surface area contributed by atoms with E-state index >= 15 is 0 Å². The number of carbonyl (C=O) groups excluding carboxylic acids is 1. The van der Waals surface area contributed by atoms with Crippen LogP contribution in [0.1, 0.15) is 57.6 Å². The number of anilines is 1. The molecule has 0 atom stereocenters. The van der Waals surface area contributed by atoms with E-state index in [4.69, 9.17) is 9.73 Å². The van der Waals surface area contributed by atoms with E-state index < -0.39 is 0 Å². The molecular weight excluding hydrogens is 483 g/mol. The number of nitrogens with zero attached hydrogens (tertiary/aromatic N) is 1. The van der Waals surface area contributed by atoms with Gasteiger partial charge in [0.2, 0.25) is 0 Å². The zero-order valence-corrected chi connectivity index (χ0v) is 21.4. The molecule has 1 heterocycles. The Morgan fingerprint density at radius 3 is 2.41 bits per heavy atom. The van der Waals surface area contributed by atoms with Gasteiger partial charge in [-0.2, -0.15) is 0 Å². The number of benzene rings is 3. The summed E-state index contributed by atoms with van der Waals surface area (Å²) in [7, 11) is 0. The molecule has 37 heavy (non-hydrogen) atoms. The van der Waals surface area contributed by atoms with Gasteiger partial charge < -0.3 is 10.1 Å². The number of hydrogen-bond donors (Lipinski definition) is 1. The number of halogens is 1. The molecule has 1 amide bonds. The van der Waals surface area contributed by atoms with Crippen LogP contribution < -0.4 is 10.1 Å². The molecule has 6 heteroatoms. The molecule has 0 saturated heterocycles. The Labute approximate surface area is 220 Å². The van der Waals surface area contributed by atoms with Gasteiger partial charge in [0.05, 0.1) is 5.56 Å². The minimum atomic E-state index is -0.259. The first-order valence-electron chi connectivity index (χ1n) is 12.7.